The number of para-hydroxylation sites is 2. The average Bonchev–Trinajstić information content (AvgIpc) is 3.02. The number of aromatic hydroxyl groups is 1. The van der Waals surface area contributed by atoms with Crippen LogP contribution in [-0.4, -0.2) is 44.0 Å². The molecule has 0 aliphatic carbocycles. The van der Waals surface area contributed by atoms with Gasteiger partial charge >= 0.3 is 0 Å². The van der Waals surface area contributed by atoms with Crippen molar-refractivity contribution in [2.45, 2.75) is 17.9 Å². The topological polar surface area (TPSA) is 111 Å². The first kappa shape index (κ1) is 22.7. The van der Waals surface area contributed by atoms with Gasteiger partial charge in [-0.15, -0.1) is 0 Å². The van der Waals surface area contributed by atoms with Gasteiger partial charge in [0, 0.05) is 6.42 Å². The van der Waals surface area contributed by atoms with Crippen molar-refractivity contribution >= 4 is 28.3 Å². The lowest BCUT2D eigenvalue weighted by Crippen LogP contribution is -2.35. The Bertz CT molecular complexity index is 1180. The van der Waals surface area contributed by atoms with Crippen LogP contribution in [0.25, 0.3) is 0 Å². The van der Waals surface area contributed by atoms with Crippen LogP contribution in [0.5, 0.6) is 11.5 Å². The van der Waals surface area contributed by atoms with Gasteiger partial charge < -0.3 is 14.7 Å². The van der Waals surface area contributed by atoms with Gasteiger partial charge in [0.1, 0.15) is 11.5 Å². The van der Waals surface area contributed by atoms with Crippen LogP contribution in [0.4, 0.5) is 5.69 Å². The summed E-state index contributed by atoms with van der Waals surface area (Å²) in [6.07, 6.45) is -0.167. The Balaban J connectivity index is 1.56. The SMILES string of the molecule is COc1ccc(CN(C(=O)CCN2C(=O)c3ccccc3S2(O)O)c2ccccc2O)cc1. The summed E-state index contributed by atoms with van der Waals surface area (Å²) in [6, 6.07) is 20.0. The van der Waals surface area contributed by atoms with Crippen LogP contribution in [0, 0.1) is 0 Å². The van der Waals surface area contributed by atoms with Crippen molar-refractivity contribution in [3.05, 3.63) is 83.9 Å². The van der Waals surface area contributed by atoms with Gasteiger partial charge in [0.15, 0.2) is 0 Å². The highest BCUT2D eigenvalue weighted by molar-refractivity contribution is 8.23. The Morgan fingerprint density at radius 3 is 2.33 bits per heavy atom. The number of nitrogens with zero attached hydrogens (tertiary/aromatic N) is 2. The van der Waals surface area contributed by atoms with E-state index in [0.29, 0.717) is 11.4 Å². The molecule has 0 saturated heterocycles. The van der Waals surface area contributed by atoms with Gasteiger partial charge in [0.25, 0.3) is 5.91 Å². The minimum absolute atomic E-state index is 0.0618. The van der Waals surface area contributed by atoms with Crippen LogP contribution < -0.4 is 9.64 Å². The Labute approximate surface area is 193 Å². The zero-order chi connectivity index (χ0) is 23.6. The van der Waals surface area contributed by atoms with E-state index in [2.05, 4.69) is 0 Å². The molecule has 3 aromatic carbocycles. The average molecular weight is 469 g/mol. The minimum Gasteiger partial charge on any atom is -0.506 e. The highest BCUT2D eigenvalue weighted by atomic mass is 32.3. The van der Waals surface area contributed by atoms with E-state index in [0.717, 1.165) is 9.87 Å². The van der Waals surface area contributed by atoms with Gasteiger partial charge in [-0.3, -0.25) is 18.7 Å². The lowest BCUT2D eigenvalue weighted by atomic mass is 10.1. The summed E-state index contributed by atoms with van der Waals surface area (Å²) >= 11 is 0. The van der Waals surface area contributed by atoms with Crippen molar-refractivity contribution in [2.24, 2.45) is 0 Å². The van der Waals surface area contributed by atoms with E-state index in [1.165, 1.54) is 23.1 Å². The number of amides is 2. The number of anilines is 1. The molecule has 2 amide bonds. The fourth-order valence-corrected chi connectivity index (χ4v) is 5.35. The van der Waals surface area contributed by atoms with Crippen molar-refractivity contribution in [3.63, 3.8) is 0 Å². The summed E-state index contributed by atoms with van der Waals surface area (Å²) in [5, 5.41) is 10.4. The van der Waals surface area contributed by atoms with Crippen molar-refractivity contribution in [1.82, 2.24) is 4.31 Å². The molecule has 1 heterocycles. The fourth-order valence-electron chi connectivity index (χ4n) is 3.73. The number of benzene rings is 3. The summed E-state index contributed by atoms with van der Waals surface area (Å²) in [7, 11) is -1.94. The van der Waals surface area contributed by atoms with Crippen LogP contribution in [0.15, 0.2) is 77.7 Å². The summed E-state index contributed by atoms with van der Waals surface area (Å²) in [5.41, 5.74) is 1.35. The third kappa shape index (κ3) is 4.38. The monoisotopic (exact) mass is 468 g/mol. The standard InChI is InChI=1S/C24H24N2O6S/c1-32-18-12-10-17(11-13-18)16-25(20-7-3-4-8-21(20)27)23(28)14-15-26-24(29)19-6-2-5-9-22(19)33(26,30)31/h2-13,27,30-31H,14-16H2,1H3. The van der Waals surface area contributed by atoms with Crippen LogP contribution >= 0.6 is 10.8 Å². The molecule has 3 aromatic rings. The van der Waals surface area contributed by atoms with Crippen molar-refractivity contribution in [3.8, 4) is 11.5 Å². The lowest BCUT2D eigenvalue weighted by molar-refractivity contribution is -0.118. The van der Waals surface area contributed by atoms with Crippen LogP contribution in [0.1, 0.15) is 22.3 Å². The molecule has 1 aliphatic rings. The Kier molecular flexibility index (Phi) is 6.28. The summed E-state index contributed by atoms with van der Waals surface area (Å²) < 4.78 is 27.4. The zero-order valence-corrected chi connectivity index (χ0v) is 18.7. The Morgan fingerprint density at radius 2 is 1.67 bits per heavy atom. The zero-order valence-electron chi connectivity index (χ0n) is 17.9. The molecule has 0 aromatic heterocycles. The normalized spacial score (nSPS) is 15.1. The number of phenolic OH excluding ortho intramolecular Hbond substituents is 1. The molecule has 4 rings (SSSR count). The highest BCUT2D eigenvalue weighted by Crippen LogP contribution is 2.58. The van der Waals surface area contributed by atoms with Gasteiger partial charge in [0.05, 0.1) is 36.3 Å². The Hall–Kier alpha value is -3.53. The molecule has 8 nitrogen and oxygen atoms in total. The number of hydrogen-bond acceptors (Lipinski definition) is 6. The second-order valence-corrected chi connectivity index (χ2v) is 9.41. The third-order valence-electron chi connectivity index (χ3n) is 5.45. The van der Waals surface area contributed by atoms with Gasteiger partial charge in [-0.1, -0.05) is 47.2 Å². The van der Waals surface area contributed by atoms with Gasteiger partial charge in [-0.2, -0.15) is 0 Å². The molecular formula is C24H24N2O6S. The van der Waals surface area contributed by atoms with Gasteiger partial charge in [-0.25, -0.2) is 4.31 Å². The maximum absolute atomic E-state index is 13.3. The highest BCUT2D eigenvalue weighted by Gasteiger charge is 2.41. The predicted molar refractivity (Wildman–Crippen MR) is 126 cm³/mol. The van der Waals surface area contributed by atoms with E-state index >= 15 is 0 Å². The molecule has 0 bridgehead atoms. The van der Waals surface area contributed by atoms with E-state index in [4.69, 9.17) is 4.74 Å². The second-order valence-electron chi connectivity index (χ2n) is 7.49. The molecule has 0 radical (unpaired) electrons. The van der Waals surface area contributed by atoms with Crippen molar-refractivity contribution in [2.75, 3.05) is 18.6 Å². The number of carbonyl (C=O) groups excluding carboxylic acids is 2. The van der Waals surface area contributed by atoms with Gasteiger partial charge in [0.2, 0.25) is 5.91 Å². The molecule has 0 atom stereocenters. The quantitative estimate of drug-likeness (QED) is 0.471. The number of carbonyl (C=O) groups is 2. The van der Waals surface area contributed by atoms with Crippen LogP contribution in [-0.2, 0) is 11.3 Å². The van der Waals surface area contributed by atoms with Crippen LogP contribution in [0.2, 0.25) is 0 Å². The van der Waals surface area contributed by atoms with E-state index < -0.39 is 16.7 Å². The largest absolute Gasteiger partial charge is 0.506 e. The molecule has 3 N–H and O–H groups in total. The molecule has 1 aliphatic heterocycles. The molecule has 33 heavy (non-hydrogen) atoms. The molecule has 9 heteroatoms. The first-order chi connectivity index (χ1) is 15.8. The summed E-state index contributed by atoms with van der Waals surface area (Å²) in [5.74, 6) is -0.293. The fraction of sp³-hybridized carbons (Fsp3) is 0.167. The third-order valence-corrected chi connectivity index (χ3v) is 7.36. The number of fused-ring (bicyclic) bond motifs is 1. The minimum atomic E-state index is -3.51. The number of rotatable bonds is 7. The summed E-state index contributed by atoms with van der Waals surface area (Å²) in [6.45, 7) is -0.00773. The second kappa shape index (κ2) is 9.14. The molecule has 0 unspecified atom stereocenters. The van der Waals surface area contributed by atoms with E-state index in [1.54, 1.807) is 49.6 Å². The van der Waals surface area contributed by atoms with Crippen molar-refractivity contribution in [1.29, 1.82) is 0 Å². The maximum atomic E-state index is 13.3. The number of methoxy groups -OCH3 is 1. The first-order valence-electron chi connectivity index (χ1n) is 10.2. The van der Waals surface area contributed by atoms with Crippen LogP contribution in [0.3, 0.4) is 0 Å². The molecule has 172 valence electrons. The van der Waals surface area contributed by atoms with Crippen molar-refractivity contribution < 1.29 is 28.5 Å². The lowest BCUT2D eigenvalue weighted by Gasteiger charge is -2.37. The van der Waals surface area contributed by atoms with Gasteiger partial charge in [-0.05, 0) is 42.0 Å². The number of phenols is 1. The first-order valence-corrected chi connectivity index (χ1v) is 11.7. The molecule has 0 saturated carbocycles. The molecule has 0 spiro atoms. The van der Waals surface area contributed by atoms with E-state index in [-0.39, 0.29) is 41.6 Å². The van der Waals surface area contributed by atoms with E-state index in [9.17, 15) is 23.8 Å². The number of ether oxygens (including phenoxy) is 1. The Morgan fingerprint density at radius 1 is 1.00 bits per heavy atom. The summed E-state index contributed by atoms with van der Waals surface area (Å²) in [4.78, 5) is 27.6. The number of hydrogen-bond donors (Lipinski definition) is 3. The maximum Gasteiger partial charge on any atom is 0.274 e. The molecular weight excluding hydrogens is 444 g/mol. The van der Waals surface area contributed by atoms with E-state index in [1.807, 2.05) is 12.1 Å². The smallest absolute Gasteiger partial charge is 0.274 e. The predicted octanol–water partition coefficient (Wildman–Crippen LogP) is 4.50. The molecule has 0 fully saturated rings.